The van der Waals surface area contributed by atoms with Crippen molar-refractivity contribution in [2.75, 3.05) is 32.7 Å². The Morgan fingerprint density at radius 3 is 2.41 bits per heavy atom. The molecule has 186 valence electrons. The highest BCUT2D eigenvalue weighted by molar-refractivity contribution is 7.89. The lowest BCUT2D eigenvalue weighted by Gasteiger charge is -2.33. The molecule has 1 aromatic heterocycles. The monoisotopic (exact) mass is 488 g/mol. The van der Waals surface area contributed by atoms with E-state index in [1.54, 1.807) is 19.9 Å². The van der Waals surface area contributed by atoms with E-state index in [0.717, 1.165) is 38.4 Å². The number of aromatic amines is 1. The van der Waals surface area contributed by atoms with E-state index in [-0.39, 0.29) is 28.0 Å². The molecule has 1 amide bonds. The van der Waals surface area contributed by atoms with Gasteiger partial charge in [-0.05, 0) is 49.8 Å². The first-order valence-electron chi connectivity index (χ1n) is 12.5. The summed E-state index contributed by atoms with van der Waals surface area (Å²) in [6.45, 7) is 7.37. The first-order chi connectivity index (χ1) is 16.3. The maximum absolute atomic E-state index is 13.2. The summed E-state index contributed by atoms with van der Waals surface area (Å²) < 4.78 is 27.4. The van der Waals surface area contributed by atoms with Crippen LogP contribution in [0.3, 0.4) is 0 Å². The summed E-state index contributed by atoms with van der Waals surface area (Å²) in [6, 6.07) is 5.85. The quantitative estimate of drug-likeness (QED) is 0.595. The number of aromatic nitrogens is 1. The van der Waals surface area contributed by atoms with Gasteiger partial charge in [0.1, 0.15) is 0 Å². The molecule has 9 heteroatoms. The summed E-state index contributed by atoms with van der Waals surface area (Å²) in [4.78, 5) is 30.8. The number of rotatable bonds is 8. The molecule has 1 saturated heterocycles. The van der Waals surface area contributed by atoms with E-state index in [9.17, 15) is 18.0 Å². The molecule has 0 bridgehead atoms. The summed E-state index contributed by atoms with van der Waals surface area (Å²) in [6.07, 6.45) is 7.11. The fourth-order valence-electron chi connectivity index (χ4n) is 5.37. The van der Waals surface area contributed by atoms with Gasteiger partial charge in [-0.25, -0.2) is 8.42 Å². The first-order valence-corrected chi connectivity index (χ1v) is 14.0. The standard InChI is InChI=1S/C25H36N4O4S/c1-3-29(4-2)34(32,33)20-9-10-23-21(15-20)22(16-24(30)27-23)25(31)26-19-11-13-28(14-12-19)17-18-7-5-6-8-18/h9-10,15-16,18-19H,3-8,11-14,17H2,1-2H3,(H,26,31)(H,27,30). The van der Waals surface area contributed by atoms with Gasteiger partial charge in [0.25, 0.3) is 5.91 Å². The molecule has 0 atom stereocenters. The molecule has 34 heavy (non-hydrogen) atoms. The molecule has 2 aromatic rings. The van der Waals surface area contributed by atoms with Crippen molar-refractivity contribution in [1.82, 2.24) is 19.5 Å². The Balaban J connectivity index is 1.51. The number of H-pyrrole nitrogens is 1. The third-order valence-electron chi connectivity index (χ3n) is 7.32. The Morgan fingerprint density at radius 1 is 1.09 bits per heavy atom. The highest BCUT2D eigenvalue weighted by Gasteiger charge is 2.26. The second kappa shape index (κ2) is 10.6. The van der Waals surface area contributed by atoms with Crippen LogP contribution in [0.2, 0.25) is 0 Å². The SMILES string of the molecule is CCN(CC)S(=O)(=O)c1ccc2[nH]c(=O)cc(C(=O)NC3CCN(CC4CCCC4)CC3)c2c1. The molecule has 4 rings (SSSR count). The van der Waals surface area contributed by atoms with E-state index >= 15 is 0 Å². The highest BCUT2D eigenvalue weighted by Crippen LogP contribution is 2.27. The van der Waals surface area contributed by atoms with E-state index in [4.69, 9.17) is 0 Å². The number of fused-ring (bicyclic) bond motifs is 1. The van der Waals surface area contributed by atoms with Crippen LogP contribution in [0.4, 0.5) is 0 Å². The van der Waals surface area contributed by atoms with Crippen LogP contribution in [0, 0.1) is 5.92 Å². The minimum Gasteiger partial charge on any atom is -0.349 e. The number of carbonyl (C=O) groups is 1. The number of amides is 1. The Labute approximate surface area is 201 Å². The van der Waals surface area contributed by atoms with E-state index in [0.29, 0.717) is 24.0 Å². The summed E-state index contributed by atoms with van der Waals surface area (Å²) in [7, 11) is -3.68. The molecule has 2 N–H and O–H groups in total. The van der Waals surface area contributed by atoms with Crippen LogP contribution in [0.15, 0.2) is 34.0 Å². The third kappa shape index (κ3) is 5.37. The Kier molecular flexibility index (Phi) is 7.74. The Bertz CT molecular complexity index is 1180. The molecule has 8 nitrogen and oxygen atoms in total. The minimum absolute atomic E-state index is 0.0456. The van der Waals surface area contributed by atoms with Crippen molar-refractivity contribution >= 4 is 26.8 Å². The number of hydrogen-bond acceptors (Lipinski definition) is 5. The molecule has 1 saturated carbocycles. The predicted molar refractivity (Wildman–Crippen MR) is 134 cm³/mol. The average Bonchev–Trinajstić information content (AvgIpc) is 3.33. The summed E-state index contributed by atoms with van der Waals surface area (Å²) >= 11 is 0. The number of nitrogens with one attached hydrogen (secondary N) is 2. The highest BCUT2D eigenvalue weighted by atomic mass is 32.2. The van der Waals surface area contributed by atoms with Gasteiger partial charge in [-0.2, -0.15) is 4.31 Å². The van der Waals surface area contributed by atoms with Gasteiger partial charge in [0.15, 0.2) is 0 Å². The molecule has 0 spiro atoms. The zero-order valence-corrected chi connectivity index (χ0v) is 21.0. The predicted octanol–water partition coefficient (Wildman–Crippen LogP) is 2.94. The van der Waals surface area contributed by atoms with E-state index < -0.39 is 10.0 Å². The fraction of sp³-hybridized carbons (Fsp3) is 0.600. The number of nitrogens with zero attached hydrogens (tertiary/aromatic N) is 2. The molecule has 2 heterocycles. The van der Waals surface area contributed by atoms with Crippen LogP contribution in [0.1, 0.15) is 62.7 Å². The molecule has 1 aliphatic heterocycles. The second-order valence-corrected chi connectivity index (χ2v) is 11.5. The molecule has 0 radical (unpaired) electrons. The van der Waals surface area contributed by atoms with Gasteiger partial charge < -0.3 is 15.2 Å². The van der Waals surface area contributed by atoms with Gasteiger partial charge in [0.05, 0.1) is 10.5 Å². The number of benzene rings is 1. The Morgan fingerprint density at radius 2 is 1.76 bits per heavy atom. The van der Waals surface area contributed by atoms with Crippen LogP contribution in [-0.2, 0) is 10.0 Å². The number of likely N-dealkylation sites (tertiary alicyclic amines) is 1. The van der Waals surface area contributed by atoms with Crippen molar-refractivity contribution in [2.45, 2.75) is 63.3 Å². The van der Waals surface area contributed by atoms with Crippen LogP contribution >= 0.6 is 0 Å². The summed E-state index contributed by atoms with van der Waals surface area (Å²) in [5.74, 6) is 0.484. The fourth-order valence-corrected chi connectivity index (χ4v) is 6.86. The van der Waals surface area contributed by atoms with Crippen molar-refractivity contribution in [3.63, 3.8) is 0 Å². The molecule has 1 aliphatic carbocycles. The molecular formula is C25H36N4O4S. The van der Waals surface area contributed by atoms with Gasteiger partial charge in [-0.3, -0.25) is 9.59 Å². The molecule has 2 aliphatic rings. The smallest absolute Gasteiger partial charge is 0.252 e. The van der Waals surface area contributed by atoms with Crippen molar-refractivity contribution in [3.8, 4) is 0 Å². The van der Waals surface area contributed by atoms with Crippen LogP contribution in [-0.4, -0.2) is 67.3 Å². The van der Waals surface area contributed by atoms with Gasteiger partial charge >= 0.3 is 0 Å². The lowest BCUT2D eigenvalue weighted by Crippen LogP contribution is -2.45. The van der Waals surface area contributed by atoms with Gasteiger partial charge in [-0.1, -0.05) is 26.7 Å². The number of pyridine rings is 1. The van der Waals surface area contributed by atoms with Crippen LogP contribution < -0.4 is 10.9 Å². The zero-order chi connectivity index (χ0) is 24.3. The topological polar surface area (TPSA) is 103 Å². The zero-order valence-electron chi connectivity index (χ0n) is 20.2. The lowest BCUT2D eigenvalue weighted by molar-refractivity contribution is 0.0907. The van der Waals surface area contributed by atoms with E-state index in [1.807, 2.05) is 0 Å². The van der Waals surface area contributed by atoms with Crippen molar-refractivity contribution in [2.24, 2.45) is 5.92 Å². The summed E-state index contributed by atoms with van der Waals surface area (Å²) in [5, 5.41) is 3.53. The van der Waals surface area contributed by atoms with Crippen molar-refractivity contribution in [1.29, 1.82) is 0 Å². The average molecular weight is 489 g/mol. The molecule has 1 aromatic carbocycles. The maximum atomic E-state index is 13.2. The minimum atomic E-state index is -3.68. The lowest BCUT2D eigenvalue weighted by atomic mass is 10.0. The number of hydrogen-bond donors (Lipinski definition) is 2. The Hall–Kier alpha value is -2.23. The largest absolute Gasteiger partial charge is 0.349 e. The maximum Gasteiger partial charge on any atom is 0.252 e. The van der Waals surface area contributed by atoms with Crippen LogP contribution in [0.25, 0.3) is 10.9 Å². The van der Waals surface area contributed by atoms with Gasteiger partial charge in [0, 0.05) is 55.7 Å². The molecular weight excluding hydrogens is 452 g/mol. The first kappa shape index (κ1) is 24.9. The second-order valence-electron chi connectivity index (χ2n) is 9.54. The van der Waals surface area contributed by atoms with Gasteiger partial charge in [-0.15, -0.1) is 0 Å². The van der Waals surface area contributed by atoms with Crippen molar-refractivity contribution < 1.29 is 13.2 Å². The van der Waals surface area contributed by atoms with Crippen molar-refractivity contribution in [3.05, 3.63) is 40.2 Å². The van der Waals surface area contributed by atoms with E-state index in [1.165, 1.54) is 48.2 Å². The number of carbonyl (C=O) groups excluding carboxylic acids is 1. The third-order valence-corrected chi connectivity index (χ3v) is 9.36. The molecule has 2 fully saturated rings. The number of sulfonamides is 1. The van der Waals surface area contributed by atoms with Gasteiger partial charge in [0.2, 0.25) is 15.6 Å². The normalized spacial score (nSPS) is 18.7. The van der Waals surface area contributed by atoms with Crippen LogP contribution in [0.5, 0.6) is 0 Å². The number of piperidine rings is 1. The van der Waals surface area contributed by atoms with E-state index in [2.05, 4.69) is 15.2 Å². The molecule has 0 unspecified atom stereocenters. The summed E-state index contributed by atoms with van der Waals surface area (Å²) in [5.41, 5.74) is 0.273.